The van der Waals surface area contributed by atoms with E-state index in [9.17, 15) is 0 Å². The lowest BCUT2D eigenvalue weighted by Crippen LogP contribution is -2.35. The van der Waals surface area contributed by atoms with Crippen LogP contribution in [-0.2, 0) is 14.2 Å². The molecule has 1 aliphatic rings. The Balaban J connectivity index is 2.03. The molecule has 3 nitrogen and oxygen atoms in total. The van der Waals surface area contributed by atoms with E-state index >= 15 is 0 Å². The summed E-state index contributed by atoms with van der Waals surface area (Å²) in [7, 11) is 0. The average Bonchev–Trinajstić information content (AvgIpc) is 2.45. The quantitative estimate of drug-likeness (QED) is 0.518. The number of unbranched alkanes of at least 4 members (excludes halogenated alkanes) is 1. The van der Waals surface area contributed by atoms with Gasteiger partial charge in [0.2, 0.25) is 0 Å². The molecule has 1 rings (SSSR count). The maximum atomic E-state index is 6.14. The van der Waals surface area contributed by atoms with Crippen LogP contribution >= 0.6 is 0 Å². The highest BCUT2D eigenvalue weighted by Crippen LogP contribution is 2.35. The Morgan fingerprint density at radius 2 is 1.64 bits per heavy atom. The molecule has 0 amide bonds. The normalized spacial score (nSPS) is 26.0. The van der Waals surface area contributed by atoms with E-state index in [0.717, 1.165) is 57.0 Å². The van der Waals surface area contributed by atoms with Crippen molar-refractivity contribution in [2.45, 2.75) is 78.9 Å². The van der Waals surface area contributed by atoms with Crippen LogP contribution in [0.15, 0.2) is 0 Å². The standard InChI is InChI=1S/C19H38O3/c1-15(2)18-9-8-17(5)14-19(18)22-13-12-20-10-6-7-11-21-16(3)4/h15-19H,6-14H2,1-5H3. The summed E-state index contributed by atoms with van der Waals surface area (Å²) in [4.78, 5) is 0. The zero-order chi connectivity index (χ0) is 16.4. The molecule has 3 heteroatoms. The Morgan fingerprint density at radius 1 is 0.909 bits per heavy atom. The summed E-state index contributed by atoms with van der Waals surface area (Å²) in [6.45, 7) is 14.3. The summed E-state index contributed by atoms with van der Waals surface area (Å²) in [6, 6.07) is 0. The van der Waals surface area contributed by atoms with E-state index in [-0.39, 0.29) is 0 Å². The topological polar surface area (TPSA) is 27.7 Å². The molecule has 1 fully saturated rings. The zero-order valence-corrected chi connectivity index (χ0v) is 15.5. The molecule has 0 saturated heterocycles. The monoisotopic (exact) mass is 314 g/mol. The predicted octanol–water partition coefficient (Wildman–Crippen LogP) is 4.69. The molecular formula is C19H38O3. The smallest absolute Gasteiger partial charge is 0.0704 e. The molecule has 3 unspecified atom stereocenters. The van der Waals surface area contributed by atoms with Gasteiger partial charge in [0, 0.05) is 13.2 Å². The van der Waals surface area contributed by atoms with Crippen LogP contribution in [0.25, 0.3) is 0 Å². The molecule has 0 bridgehead atoms. The van der Waals surface area contributed by atoms with Crippen molar-refractivity contribution < 1.29 is 14.2 Å². The van der Waals surface area contributed by atoms with Gasteiger partial charge in [0.05, 0.1) is 25.4 Å². The van der Waals surface area contributed by atoms with Gasteiger partial charge >= 0.3 is 0 Å². The van der Waals surface area contributed by atoms with Gasteiger partial charge in [-0.15, -0.1) is 0 Å². The van der Waals surface area contributed by atoms with Crippen LogP contribution in [0.5, 0.6) is 0 Å². The van der Waals surface area contributed by atoms with Crippen LogP contribution in [0.2, 0.25) is 0 Å². The lowest BCUT2D eigenvalue weighted by atomic mass is 9.75. The predicted molar refractivity (Wildman–Crippen MR) is 92.2 cm³/mol. The van der Waals surface area contributed by atoms with Crippen molar-refractivity contribution in [1.82, 2.24) is 0 Å². The van der Waals surface area contributed by atoms with Gasteiger partial charge < -0.3 is 14.2 Å². The van der Waals surface area contributed by atoms with Crippen molar-refractivity contribution in [3.05, 3.63) is 0 Å². The van der Waals surface area contributed by atoms with Crippen LogP contribution in [0.3, 0.4) is 0 Å². The van der Waals surface area contributed by atoms with Crippen molar-refractivity contribution in [3.63, 3.8) is 0 Å². The minimum absolute atomic E-state index is 0.334. The van der Waals surface area contributed by atoms with E-state index in [0.29, 0.717) is 12.2 Å². The first-order chi connectivity index (χ1) is 10.5. The van der Waals surface area contributed by atoms with Crippen LogP contribution in [0, 0.1) is 17.8 Å². The molecule has 22 heavy (non-hydrogen) atoms. The first kappa shape index (κ1) is 19.9. The number of hydrogen-bond acceptors (Lipinski definition) is 3. The van der Waals surface area contributed by atoms with E-state index in [1.54, 1.807) is 0 Å². The first-order valence-corrected chi connectivity index (χ1v) is 9.31. The lowest BCUT2D eigenvalue weighted by Gasteiger charge is -2.37. The SMILES string of the molecule is CC1CCC(C(C)C)C(OCCOCCCCOC(C)C)C1. The molecule has 0 radical (unpaired) electrons. The fraction of sp³-hybridized carbons (Fsp3) is 1.00. The Morgan fingerprint density at radius 3 is 2.32 bits per heavy atom. The first-order valence-electron chi connectivity index (χ1n) is 9.31. The highest BCUT2D eigenvalue weighted by molar-refractivity contribution is 4.81. The second kappa shape index (κ2) is 11.4. The van der Waals surface area contributed by atoms with Gasteiger partial charge in [0.1, 0.15) is 0 Å². The zero-order valence-electron chi connectivity index (χ0n) is 15.5. The Kier molecular flexibility index (Phi) is 10.3. The average molecular weight is 315 g/mol. The fourth-order valence-corrected chi connectivity index (χ4v) is 3.29. The van der Waals surface area contributed by atoms with Crippen LogP contribution in [0.1, 0.15) is 66.7 Å². The third-order valence-electron chi connectivity index (χ3n) is 4.66. The minimum Gasteiger partial charge on any atom is -0.379 e. The van der Waals surface area contributed by atoms with E-state index in [1.807, 2.05) is 0 Å². The largest absolute Gasteiger partial charge is 0.379 e. The summed E-state index contributed by atoms with van der Waals surface area (Å²) in [6.07, 6.45) is 6.82. The van der Waals surface area contributed by atoms with E-state index in [2.05, 4.69) is 34.6 Å². The summed E-state index contributed by atoms with van der Waals surface area (Å²) in [5, 5.41) is 0. The summed E-state index contributed by atoms with van der Waals surface area (Å²) in [5.41, 5.74) is 0. The van der Waals surface area contributed by atoms with Gasteiger partial charge in [-0.1, -0.05) is 27.2 Å². The molecule has 1 saturated carbocycles. The van der Waals surface area contributed by atoms with Gasteiger partial charge in [-0.25, -0.2) is 0 Å². The van der Waals surface area contributed by atoms with Crippen LogP contribution < -0.4 is 0 Å². The van der Waals surface area contributed by atoms with Gasteiger partial charge in [-0.05, 0) is 57.3 Å². The number of rotatable bonds is 11. The van der Waals surface area contributed by atoms with E-state index in [1.165, 1.54) is 19.3 Å². The molecule has 0 spiro atoms. The van der Waals surface area contributed by atoms with Crippen molar-refractivity contribution in [1.29, 1.82) is 0 Å². The van der Waals surface area contributed by atoms with Gasteiger partial charge in [-0.3, -0.25) is 0 Å². The summed E-state index contributed by atoms with van der Waals surface area (Å²) in [5.74, 6) is 2.26. The number of hydrogen-bond donors (Lipinski definition) is 0. The Hall–Kier alpha value is -0.120. The Labute approximate surface area is 138 Å². The molecule has 0 aromatic heterocycles. The van der Waals surface area contributed by atoms with Crippen LogP contribution in [0.4, 0.5) is 0 Å². The highest BCUT2D eigenvalue weighted by atomic mass is 16.5. The van der Waals surface area contributed by atoms with E-state index in [4.69, 9.17) is 14.2 Å². The van der Waals surface area contributed by atoms with Crippen LogP contribution in [-0.4, -0.2) is 38.6 Å². The third kappa shape index (κ3) is 8.50. The fourth-order valence-electron chi connectivity index (χ4n) is 3.29. The highest BCUT2D eigenvalue weighted by Gasteiger charge is 2.31. The maximum absolute atomic E-state index is 6.14. The van der Waals surface area contributed by atoms with Crippen molar-refractivity contribution in [2.24, 2.45) is 17.8 Å². The van der Waals surface area contributed by atoms with Crippen molar-refractivity contribution in [2.75, 3.05) is 26.4 Å². The van der Waals surface area contributed by atoms with E-state index < -0.39 is 0 Å². The molecule has 0 N–H and O–H groups in total. The maximum Gasteiger partial charge on any atom is 0.0704 e. The molecule has 0 heterocycles. The molecule has 0 aliphatic heterocycles. The molecule has 0 aromatic carbocycles. The van der Waals surface area contributed by atoms with Gasteiger partial charge in [-0.2, -0.15) is 0 Å². The van der Waals surface area contributed by atoms with Gasteiger partial charge in [0.15, 0.2) is 0 Å². The molecule has 3 atom stereocenters. The second-order valence-electron chi connectivity index (χ2n) is 7.47. The van der Waals surface area contributed by atoms with Gasteiger partial charge in [0.25, 0.3) is 0 Å². The lowest BCUT2D eigenvalue weighted by molar-refractivity contribution is -0.0585. The summed E-state index contributed by atoms with van der Waals surface area (Å²) < 4.78 is 17.3. The number of ether oxygens (including phenoxy) is 3. The Bertz CT molecular complexity index is 265. The molecular weight excluding hydrogens is 276 g/mol. The minimum atomic E-state index is 0.334. The third-order valence-corrected chi connectivity index (χ3v) is 4.66. The van der Waals surface area contributed by atoms with Crippen molar-refractivity contribution in [3.8, 4) is 0 Å². The molecule has 132 valence electrons. The molecule has 0 aromatic rings. The second-order valence-corrected chi connectivity index (χ2v) is 7.47. The van der Waals surface area contributed by atoms with Crippen molar-refractivity contribution >= 4 is 0 Å². The molecule has 1 aliphatic carbocycles. The summed E-state index contributed by atoms with van der Waals surface area (Å²) >= 11 is 0.